The van der Waals surface area contributed by atoms with Crippen LogP contribution in [0.15, 0.2) is 18.2 Å². The molecule has 0 atom stereocenters. The lowest BCUT2D eigenvalue weighted by atomic mass is 10.1. The summed E-state index contributed by atoms with van der Waals surface area (Å²) in [7, 11) is 3.05. The van der Waals surface area contributed by atoms with Crippen LogP contribution in [-0.4, -0.2) is 63.0 Å². The third kappa shape index (κ3) is 4.28. The fourth-order valence-corrected chi connectivity index (χ4v) is 2.17. The number of carbonyl (C=O) groups excluding carboxylic acids is 3. The van der Waals surface area contributed by atoms with Crippen molar-refractivity contribution in [2.45, 2.75) is 0 Å². The van der Waals surface area contributed by atoms with E-state index >= 15 is 0 Å². The molecule has 1 aliphatic heterocycles. The summed E-state index contributed by atoms with van der Waals surface area (Å²) in [5.41, 5.74) is 0.982. The zero-order chi connectivity index (χ0) is 16.1. The minimum atomic E-state index is -0.379. The molecule has 0 aromatic heterocycles. The molecule has 0 spiro atoms. The minimum absolute atomic E-state index is 0. The molecule has 8 heteroatoms. The van der Waals surface area contributed by atoms with Crippen molar-refractivity contribution >= 4 is 30.1 Å². The molecule has 7 nitrogen and oxygen atoms in total. The van der Waals surface area contributed by atoms with Gasteiger partial charge < -0.3 is 15.4 Å². The highest BCUT2D eigenvalue weighted by molar-refractivity contribution is 6.21. The van der Waals surface area contributed by atoms with E-state index in [0.29, 0.717) is 37.4 Å². The summed E-state index contributed by atoms with van der Waals surface area (Å²) in [5, 5.41) is 5.86. The summed E-state index contributed by atoms with van der Waals surface area (Å²) in [4.78, 5) is 36.7. The monoisotopic (exact) mass is 341 g/mol. The third-order valence-corrected chi connectivity index (χ3v) is 3.42. The van der Waals surface area contributed by atoms with Gasteiger partial charge in [-0.05, 0) is 18.2 Å². The van der Waals surface area contributed by atoms with E-state index in [9.17, 15) is 14.4 Å². The van der Waals surface area contributed by atoms with Crippen molar-refractivity contribution in [2.24, 2.45) is 0 Å². The quantitative estimate of drug-likeness (QED) is 0.550. The standard InChI is InChI=1S/C15H19N3O4.ClH/c1-18-14(20)11-4-3-10(9-12(11)15(18)21)13(19)17-6-5-16-7-8-22-2;/h3-4,9,16H,5-8H2,1-2H3,(H,17,19);1H. The second-order valence-corrected chi connectivity index (χ2v) is 4.93. The van der Waals surface area contributed by atoms with E-state index in [-0.39, 0.29) is 35.7 Å². The zero-order valence-corrected chi connectivity index (χ0v) is 13.9. The Hall–Kier alpha value is -1.96. The normalized spacial score (nSPS) is 12.9. The molecule has 2 N–H and O–H groups in total. The number of fused-ring (bicyclic) bond motifs is 1. The molecule has 1 heterocycles. The molecule has 3 amide bonds. The molecule has 1 aliphatic rings. The van der Waals surface area contributed by atoms with Crippen LogP contribution in [0.3, 0.4) is 0 Å². The number of benzene rings is 1. The number of halogens is 1. The molecule has 0 unspecified atom stereocenters. The van der Waals surface area contributed by atoms with Gasteiger partial charge >= 0.3 is 0 Å². The van der Waals surface area contributed by atoms with Gasteiger partial charge in [0.25, 0.3) is 17.7 Å². The molecular formula is C15H20ClN3O4. The summed E-state index contributed by atoms with van der Waals surface area (Å²) >= 11 is 0. The SMILES string of the molecule is COCCNCCNC(=O)c1ccc2c(c1)C(=O)N(C)C2=O.Cl. The van der Waals surface area contributed by atoms with Gasteiger partial charge in [0.05, 0.1) is 17.7 Å². The van der Waals surface area contributed by atoms with Crippen LogP contribution in [0.5, 0.6) is 0 Å². The number of ether oxygens (including phenoxy) is 1. The maximum atomic E-state index is 12.0. The molecule has 0 bridgehead atoms. The molecule has 2 rings (SSSR count). The molecule has 0 fully saturated rings. The Morgan fingerprint density at radius 3 is 2.52 bits per heavy atom. The van der Waals surface area contributed by atoms with Crippen LogP contribution >= 0.6 is 12.4 Å². The van der Waals surface area contributed by atoms with E-state index < -0.39 is 0 Å². The van der Waals surface area contributed by atoms with Crippen molar-refractivity contribution in [2.75, 3.05) is 40.4 Å². The second-order valence-electron chi connectivity index (χ2n) is 4.93. The zero-order valence-electron chi connectivity index (χ0n) is 13.0. The van der Waals surface area contributed by atoms with Crippen LogP contribution in [0.4, 0.5) is 0 Å². The van der Waals surface area contributed by atoms with Crippen molar-refractivity contribution in [1.29, 1.82) is 0 Å². The number of imide groups is 1. The van der Waals surface area contributed by atoms with Crippen molar-refractivity contribution in [3.05, 3.63) is 34.9 Å². The van der Waals surface area contributed by atoms with E-state index in [1.165, 1.54) is 19.2 Å². The first-order chi connectivity index (χ1) is 10.6. The lowest BCUT2D eigenvalue weighted by molar-refractivity contribution is 0.0693. The average molecular weight is 342 g/mol. The van der Waals surface area contributed by atoms with Crippen LogP contribution < -0.4 is 10.6 Å². The maximum absolute atomic E-state index is 12.0. The lowest BCUT2D eigenvalue weighted by Gasteiger charge is -2.07. The largest absolute Gasteiger partial charge is 0.383 e. The molecule has 0 aliphatic carbocycles. The smallest absolute Gasteiger partial charge is 0.261 e. The minimum Gasteiger partial charge on any atom is -0.383 e. The number of methoxy groups -OCH3 is 1. The average Bonchev–Trinajstić information content (AvgIpc) is 2.75. The molecule has 1 aromatic carbocycles. The molecule has 0 saturated heterocycles. The fraction of sp³-hybridized carbons (Fsp3) is 0.400. The third-order valence-electron chi connectivity index (χ3n) is 3.42. The van der Waals surface area contributed by atoms with E-state index in [1.54, 1.807) is 13.2 Å². The number of hydrogen-bond donors (Lipinski definition) is 2. The van der Waals surface area contributed by atoms with Crippen LogP contribution in [0, 0.1) is 0 Å². The number of amides is 3. The molecule has 126 valence electrons. The first kappa shape index (κ1) is 19.1. The molecule has 1 aromatic rings. The Kier molecular flexibility index (Phi) is 7.15. The van der Waals surface area contributed by atoms with Crippen LogP contribution in [0.25, 0.3) is 0 Å². The molecular weight excluding hydrogens is 322 g/mol. The Labute approximate surface area is 140 Å². The summed E-state index contributed by atoms with van der Waals surface area (Å²) in [5.74, 6) is -0.990. The van der Waals surface area contributed by atoms with Crippen molar-refractivity contribution < 1.29 is 19.1 Å². The van der Waals surface area contributed by atoms with E-state index in [0.717, 1.165) is 4.90 Å². The van der Waals surface area contributed by atoms with Gasteiger partial charge in [-0.15, -0.1) is 12.4 Å². The predicted octanol–water partition coefficient (Wildman–Crippen LogP) is 0.300. The van der Waals surface area contributed by atoms with Crippen LogP contribution in [0.1, 0.15) is 31.1 Å². The summed E-state index contributed by atoms with van der Waals surface area (Å²) in [6, 6.07) is 4.54. The number of nitrogens with one attached hydrogen (secondary N) is 2. The van der Waals surface area contributed by atoms with Gasteiger partial charge in [0.15, 0.2) is 0 Å². The molecule has 23 heavy (non-hydrogen) atoms. The summed E-state index contributed by atoms with van der Waals surface area (Å²) in [6.45, 7) is 2.42. The van der Waals surface area contributed by atoms with Gasteiger partial charge in [-0.3, -0.25) is 19.3 Å². The second kappa shape index (κ2) is 8.61. The van der Waals surface area contributed by atoms with Crippen molar-refractivity contribution in [3.63, 3.8) is 0 Å². The summed E-state index contributed by atoms with van der Waals surface area (Å²) in [6.07, 6.45) is 0. The van der Waals surface area contributed by atoms with Gasteiger partial charge in [-0.25, -0.2) is 0 Å². The topological polar surface area (TPSA) is 87.7 Å². The lowest BCUT2D eigenvalue weighted by Crippen LogP contribution is -2.33. The summed E-state index contributed by atoms with van der Waals surface area (Å²) < 4.78 is 4.90. The fourth-order valence-electron chi connectivity index (χ4n) is 2.17. The highest BCUT2D eigenvalue weighted by atomic mass is 35.5. The van der Waals surface area contributed by atoms with Crippen LogP contribution in [0.2, 0.25) is 0 Å². The van der Waals surface area contributed by atoms with E-state index in [1.807, 2.05) is 0 Å². The van der Waals surface area contributed by atoms with Crippen molar-refractivity contribution in [1.82, 2.24) is 15.5 Å². The van der Waals surface area contributed by atoms with E-state index in [2.05, 4.69) is 10.6 Å². The van der Waals surface area contributed by atoms with Crippen molar-refractivity contribution in [3.8, 4) is 0 Å². The number of nitrogens with zero attached hydrogens (tertiary/aromatic N) is 1. The number of carbonyl (C=O) groups is 3. The maximum Gasteiger partial charge on any atom is 0.261 e. The molecule has 0 saturated carbocycles. The number of rotatable bonds is 7. The van der Waals surface area contributed by atoms with Gasteiger partial charge in [-0.2, -0.15) is 0 Å². The van der Waals surface area contributed by atoms with Gasteiger partial charge in [0.1, 0.15) is 0 Å². The first-order valence-corrected chi connectivity index (χ1v) is 7.00. The van der Waals surface area contributed by atoms with Crippen LogP contribution in [-0.2, 0) is 4.74 Å². The Bertz CT molecular complexity index is 606. The van der Waals surface area contributed by atoms with Gasteiger partial charge in [0.2, 0.25) is 0 Å². The number of hydrogen-bond acceptors (Lipinski definition) is 5. The molecule has 0 radical (unpaired) electrons. The van der Waals surface area contributed by atoms with Gasteiger partial charge in [0, 0.05) is 39.4 Å². The highest BCUT2D eigenvalue weighted by Crippen LogP contribution is 2.22. The van der Waals surface area contributed by atoms with E-state index in [4.69, 9.17) is 4.74 Å². The Morgan fingerprint density at radius 1 is 1.13 bits per heavy atom. The van der Waals surface area contributed by atoms with Gasteiger partial charge in [-0.1, -0.05) is 0 Å². The first-order valence-electron chi connectivity index (χ1n) is 7.00. The predicted molar refractivity (Wildman–Crippen MR) is 87.2 cm³/mol. The Balaban J connectivity index is 0.00000264. The highest BCUT2D eigenvalue weighted by Gasteiger charge is 2.33. The Morgan fingerprint density at radius 2 is 1.83 bits per heavy atom.